The van der Waals surface area contributed by atoms with Crippen LogP contribution >= 0.6 is 0 Å². The van der Waals surface area contributed by atoms with E-state index in [2.05, 4.69) is 4.72 Å². The molecule has 6 nitrogen and oxygen atoms in total. The number of hydrogen-bond acceptors (Lipinski definition) is 3. The summed E-state index contributed by atoms with van der Waals surface area (Å²) in [5, 5.41) is 7.17. The number of nitrogens with zero attached hydrogens (tertiary/aromatic N) is 1. The van der Waals surface area contributed by atoms with Crippen molar-refractivity contribution in [3.63, 3.8) is 0 Å². The van der Waals surface area contributed by atoms with E-state index in [-0.39, 0.29) is 18.3 Å². The lowest BCUT2D eigenvalue weighted by Gasteiger charge is -2.20. The van der Waals surface area contributed by atoms with E-state index < -0.39 is 10.2 Å². The van der Waals surface area contributed by atoms with Crippen molar-refractivity contribution in [3.05, 3.63) is 0 Å². The minimum absolute atomic E-state index is 0.00691. The third-order valence-corrected chi connectivity index (χ3v) is 3.55. The van der Waals surface area contributed by atoms with Crippen molar-refractivity contribution in [2.75, 3.05) is 20.1 Å². The fourth-order valence-electron chi connectivity index (χ4n) is 0.923. The van der Waals surface area contributed by atoms with Crippen LogP contribution in [0, 0.1) is 11.3 Å². The molecular weight excluding hydrogens is 216 g/mol. The Balaban J connectivity index is 4.31. The summed E-state index contributed by atoms with van der Waals surface area (Å²) in [6.45, 7) is 4.24. The van der Waals surface area contributed by atoms with Gasteiger partial charge in [-0.3, -0.25) is 5.41 Å². The van der Waals surface area contributed by atoms with Gasteiger partial charge in [0.25, 0.3) is 10.2 Å². The highest BCUT2D eigenvalue weighted by Crippen LogP contribution is 2.01. The van der Waals surface area contributed by atoms with Gasteiger partial charge in [-0.05, 0) is 6.42 Å². The average Bonchev–Trinajstić information content (AvgIpc) is 2.14. The van der Waals surface area contributed by atoms with Crippen LogP contribution in [0.4, 0.5) is 0 Å². The van der Waals surface area contributed by atoms with Crippen molar-refractivity contribution in [3.8, 4) is 0 Å². The van der Waals surface area contributed by atoms with Gasteiger partial charge in [0.05, 0.1) is 5.84 Å². The summed E-state index contributed by atoms with van der Waals surface area (Å²) in [7, 11) is -1.95. The zero-order chi connectivity index (χ0) is 12.1. The molecular formula is C8H20N4O2S. The van der Waals surface area contributed by atoms with Gasteiger partial charge in [0, 0.05) is 26.1 Å². The van der Waals surface area contributed by atoms with Crippen LogP contribution in [0.5, 0.6) is 0 Å². The summed E-state index contributed by atoms with van der Waals surface area (Å²) >= 11 is 0. The molecule has 4 N–H and O–H groups in total. The number of amidine groups is 1. The highest BCUT2D eigenvalue weighted by atomic mass is 32.2. The van der Waals surface area contributed by atoms with Gasteiger partial charge in [-0.15, -0.1) is 0 Å². The van der Waals surface area contributed by atoms with Crippen LogP contribution in [0.1, 0.15) is 20.3 Å². The van der Waals surface area contributed by atoms with E-state index in [9.17, 15) is 8.42 Å². The summed E-state index contributed by atoms with van der Waals surface area (Å²) in [5.41, 5.74) is 5.27. The SMILES string of the molecule is CCCNS(=O)(=O)N(C)CC(C)C(=N)N. The zero-order valence-corrected chi connectivity index (χ0v) is 10.3. The second-order valence-electron chi connectivity index (χ2n) is 3.54. The lowest BCUT2D eigenvalue weighted by atomic mass is 10.2. The van der Waals surface area contributed by atoms with Crippen LogP contribution < -0.4 is 10.5 Å². The molecule has 0 saturated carbocycles. The second-order valence-corrected chi connectivity index (χ2v) is 5.40. The van der Waals surface area contributed by atoms with Crippen molar-refractivity contribution < 1.29 is 8.42 Å². The second kappa shape index (κ2) is 6.04. The molecule has 0 amide bonds. The van der Waals surface area contributed by atoms with Crippen LogP contribution in [0.25, 0.3) is 0 Å². The smallest absolute Gasteiger partial charge is 0.279 e. The zero-order valence-electron chi connectivity index (χ0n) is 9.45. The molecule has 0 radical (unpaired) electrons. The first-order valence-corrected chi connectivity index (χ1v) is 6.30. The molecule has 1 unspecified atom stereocenters. The molecule has 0 bridgehead atoms. The first kappa shape index (κ1) is 14.3. The Morgan fingerprint density at radius 3 is 2.53 bits per heavy atom. The Morgan fingerprint density at radius 1 is 1.60 bits per heavy atom. The Morgan fingerprint density at radius 2 is 2.13 bits per heavy atom. The number of nitrogens with two attached hydrogens (primary N) is 1. The molecule has 90 valence electrons. The Kier molecular flexibility index (Phi) is 5.77. The van der Waals surface area contributed by atoms with Crippen LogP contribution in [-0.4, -0.2) is 38.7 Å². The van der Waals surface area contributed by atoms with E-state index in [0.29, 0.717) is 6.54 Å². The van der Waals surface area contributed by atoms with Crippen LogP contribution in [0.2, 0.25) is 0 Å². The molecule has 0 aliphatic heterocycles. The van der Waals surface area contributed by atoms with Crippen molar-refractivity contribution in [2.24, 2.45) is 11.7 Å². The van der Waals surface area contributed by atoms with Gasteiger partial charge in [0.2, 0.25) is 0 Å². The minimum atomic E-state index is -3.42. The van der Waals surface area contributed by atoms with Crippen LogP contribution in [0.15, 0.2) is 0 Å². The van der Waals surface area contributed by atoms with Gasteiger partial charge in [-0.2, -0.15) is 12.7 Å². The molecule has 0 aromatic heterocycles. The third-order valence-electron chi connectivity index (χ3n) is 2.01. The standard InChI is InChI=1S/C8H20N4O2S/c1-4-5-11-15(13,14)12(3)6-7(2)8(9)10/h7,11H,4-6H2,1-3H3,(H3,9,10). The summed E-state index contributed by atoms with van der Waals surface area (Å²) in [4.78, 5) is 0. The molecule has 0 rings (SSSR count). The Bertz CT molecular complexity index is 302. The molecule has 0 saturated heterocycles. The van der Waals surface area contributed by atoms with Crippen LogP contribution in [0.3, 0.4) is 0 Å². The van der Waals surface area contributed by atoms with Gasteiger partial charge >= 0.3 is 0 Å². The summed E-state index contributed by atoms with van der Waals surface area (Å²) in [5.74, 6) is -0.277. The fourth-order valence-corrected chi connectivity index (χ4v) is 2.03. The molecule has 0 heterocycles. The van der Waals surface area contributed by atoms with Crippen LogP contribution in [-0.2, 0) is 10.2 Å². The fraction of sp³-hybridized carbons (Fsp3) is 0.875. The van der Waals surface area contributed by atoms with Gasteiger partial charge in [-0.1, -0.05) is 13.8 Å². The van der Waals surface area contributed by atoms with E-state index in [4.69, 9.17) is 11.1 Å². The summed E-state index contributed by atoms with van der Waals surface area (Å²) in [6, 6.07) is 0. The molecule has 0 spiro atoms. The van der Waals surface area contributed by atoms with E-state index >= 15 is 0 Å². The third kappa shape index (κ3) is 5.10. The minimum Gasteiger partial charge on any atom is -0.387 e. The first-order chi connectivity index (χ1) is 6.81. The lowest BCUT2D eigenvalue weighted by molar-refractivity contribution is 0.434. The van der Waals surface area contributed by atoms with Gasteiger partial charge in [0.15, 0.2) is 0 Å². The van der Waals surface area contributed by atoms with Gasteiger partial charge in [-0.25, -0.2) is 4.72 Å². The van der Waals surface area contributed by atoms with E-state index in [1.807, 2.05) is 6.92 Å². The van der Waals surface area contributed by atoms with E-state index in [1.165, 1.54) is 11.4 Å². The maximum Gasteiger partial charge on any atom is 0.279 e. The summed E-state index contributed by atoms with van der Waals surface area (Å²) in [6.07, 6.45) is 0.745. The molecule has 0 fully saturated rings. The summed E-state index contributed by atoms with van der Waals surface area (Å²) < 4.78 is 26.7. The quantitative estimate of drug-likeness (QED) is 0.419. The lowest BCUT2D eigenvalue weighted by Crippen LogP contribution is -2.42. The molecule has 15 heavy (non-hydrogen) atoms. The molecule has 0 aromatic carbocycles. The first-order valence-electron chi connectivity index (χ1n) is 4.86. The topological polar surface area (TPSA) is 99.3 Å². The molecule has 0 aromatic rings. The highest BCUT2D eigenvalue weighted by molar-refractivity contribution is 7.87. The van der Waals surface area contributed by atoms with Crippen molar-refractivity contribution in [1.82, 2.24) is 9.03 Å². The molecule has 1 atom stereocenters. The van der Waals surface area contributed by atoms with Gasteiger partial charge in [0.1, 0.15) is 0 Å². The largest absolute Gasteiger partial charge is 0.387 e. The predicted molar refractivity (Wildman–Crippen MR) is 60.9 cm³/mol. The monoisotopic (exact) mass is 236 g/mol. The number of rotatable bonds is 7. The molecule has 0 aliphatic carbocycles. The van der Waals surface area contributed by atoms with Gasteiger partial charge < -0.3 is 5.73 Å². The average molecular weight is 236 g/mol. The van der Waals surface area contributed by atoms with E-state index in [1.54, 1.807) is 6.92 Å². The maximum absolute atomic E-state index is 11.6. The van der Waals surface area contributed by atoms with Crippen molar-refractivity contribution in [2.45, 2.75) is 20.3 Å². The van der Waals surface area contributed by atoms with Crippen molar-refractivity contribution >= 4 is 16.0 Å². The Labute approximate surface area is 91.5 Å². The number of nitrogens with one attached hydrogen (secondary N) is 2. The van der Waals surface area contributed by atoms with Crippen molar-refractivity contribution in [1.29, 1.82) is 5.41 Å². The predicted octanol–water partition coefficient (Wildman–Crippen LogP) is -0.265. The molecule has 0 aliphatic rings. The van der Waals surface area contributed by atoms with E-state index in [0.717, 1.165) is 6.42 Å². The maximum atomic E-state index is 11.6. The molecule has 7 heteroatoms. The Hall–Kier alpha value is -0.660. The normalized spacial score (nSPS) is 14.1. The number of hydrogen-bond donors (Lipinski definition) is 3. The highest BCUT2D eigenvalue weighted by Gasteiger charge is 2.19.